The van der Waals surface area contributed by atoms with Gasteiger partial charge < -0.3 is 14.9 Å². The van der Waals surface area contributed by atoms with E-state index in [4.69, 9.17) is 5.11 Å². The fraction of sp³-hybridized carbons (Fsp3) is 0.667. The fourth-order valence-corrected chi connectivity index (χ4v) is 1.26. The first-order chi connectivity index (χ1) is 8.06. The summed E-state index contributed by atoms with van der Waals surface area (Å²) in [6, 6.07) is 0. The molecular weight excluding hydrogens is 224 g/mol. The standard InChI is InChI=1S/C12H20O5/c1-2-3-4-5-6-10(13)9-17-12(16)8-7-11(14)15/h7-8,10,13H,2-6,9H2,1H3,(H,14,15)/b8-7+. The van der Waals surface area contributed by atoms with Gasteiger partial charge in [-0.15, -0.1) is 0 Å². The molecule has 0 radical (unpaired) electrons. The first-order valence-corrected chi connectivity index (χ1v) is 5.82. The van der Waals surface area contributed by atoms with Crippen molar-refractivity contribution in [2.24, 2.45) is 0 Å². The van der Waals surface area contributed by atoms with E-state index >= 15 is 0 Å². The van der Waals surface area contributed by atoms with Crippen molar-refractivity contribution in [1.29, 1.82) is 0 Å². The van der Waals surface area contributed by atoms with E-state index in [1.54, 1.807) is 0 Å². The molecule has 0 aromatic rings. The van der Waals surface area contributed by atoms with Crippen LogP contribution >= 0.6 is 0 Å². The zero-order chi connectivity index (χ0) is 13.1. The smallest absolute Gasteiger partial charge is 0.331 e. The summed E-state index contributed by atoms with van der Waals surface area (Å²) in [7, 11) is 0. The molecule has 0 aromatic heterocycles. The lowest BCUT2D eigenvalue weighted by Crippen LogP contribution is -2.17. The lowest BCUT2D eigenvalue weighted by molar-refractivity contribution is -0.141. The molecule has 17 heavy (non-hydrogen) atoms. The van der Waals surface area contributed by atoms with Gasteiger partial charge in [0.1, 0.15) is 6.61 Å². The van der Waals surface area contributed by atoms with Crippen LogP contribution in [0.2, 0.25) is 0 Å². The van der Waals surface area contributed by atoms with Crippen LogP contribution < -0.4 is 0 Å². The van der Waals surface area contributed by atoms with E-state index in [1.165, 1.54) is 0 Å². The first-order valence-electron chi connectivity index (χ1n) is 5.82. The molecule has 0 amide bonds. The summed E-state index contributed by atoms with van der Waals surface area (Å²) in [5, 5.41) is 17.7. The van der Waals surface area contributed by atoms with E-state index in [-0.39, 0.29) is 6.61 Å². The van der Waals surface area contributed by atoms with Gasteiger partial charge in [0.05, 0.1) is 6.10 Å². The predicted molar refractivity (Wildman–Crippen MR) is 62.5 cm³/mol. The molecule has 1 unspecified atom stereocenters. The molecule has 0 rings (SSSR count). The maximum Gasteiger partial charge on any atom is 0.331 e. The van der Waals surface area contributed by atoms with Crippen LogP contribution in [0.4, 0.5) is 0 Å². The predicted octanol–water partition coefficient (Wildman–Crippen LogP) is 1.50. The number of hydrogen-bond donors (Lipinski definition) is 2. The van der Waals surface area contributed by atoms with Crippen LogP contribution in [0, 0.1) is 0 Å². The van der Waals surface area contributed by atoms with Crippen LogP contribution in [0.5, 0.6) is 0 Å². The number of carbonyl (C=O) groups excluding carboxylic acids is 1. The summed E-state index contributed by atoms with van der Waals surface area (Å²) in [5.41, 5.74) is 0. The quantitative estimate of drug-likeness (QED) is 0.365. The average Bonchev–Trinajstić information content (AvgIpc) is 2.29. The minimum atomic E-state index is -1.21. The van der Waals surface area contributed by atoms with Crippen molar-refractivity contribution in [2.75, 3.05) is 6.61 Å². The Kier molecular flexibility index (Phi) is 9.05. The third-order valence-corrected chi connectivity index (χ3v) is 2.17. The summed E-state index contributed by atoms with van der Waals surface area (Å²) in [5.74, 6) is -1.96. The van der Waals surface area contributed by atoms with Gasteiger partial charge in [0.2, 0.25) is 0 Å². The maximum atomic E-state index is 10.9. The number of carboxylic acids is 1. The van der Waals surface area contributed by atoms with E-state index in [1.807, 2.05) is 0 Å². The number of ether oxygens (including phenoxy) is 1. The van der Waals surface area contributed by atoms with Crippen LogP contribution in [-0.2, 0) is 14.3 Å². The Bertz CT molecular complexity index is 260. The molecule has 0 aliphatic heterocycles. The van der Waals surface area contributed by atoms with Crippen molar-refractivity contribution in [3.05, 3.63) is 12.2 Å². The first kappa shape index (κ1) is 15.6. The van der Waals surface area contributed by atoms with Gasteiger partial charge in [-0.05, 0) is 6.42 Å². The van der Waals surface area contributed by atoms with Gasteiger partial charge in [0, 0.05) is 12.2 Å². The highest BCUT2D eigenvalue weighted by Gasteiger charge is 2.06. The van der Waals surface area contributed by atoms with Crippen molar-refractivity contribution in [1.82, 2.24) is 0 Å². The minimum absolute atomic E-state index is 0.0884. The zero-order valence-electron chi connectivity index (χ0n) is 10.1. The summed E-state index contributed by atoms with van der Waals surface area (Å²) in [6.45, 7) is 2.02. The van der Waals surface area contributed by atoms with E-state index in [0.717, 1.165) is 31.8 Å². The fourth-order valence-electron chi connectivity index (χ4n) is 1.26. The number of carboxylic acid groups (broad SMARTS) is 1. The number of esters is 1. The van der Waals surface area contributed by atoms with Crippen molar-refractivity contribution >= 4 is 11.9 Å². The number of rotatable bonds is 9. The van der Waals surface area contributed by atoms with Crippen LogP contribution in [0.25, 0.3) is 0 Å². The third kappa shape index (κ3) is 10.9. The molecule has 2 N–H and O–H groups in total. The Morgan fingerprint density at radius 2 is 1.94 bits per heavy atom. The largest absolute Gasteiger partial charge is 0.478 e. The topological polar surface area (TPSA) is 83.8 Å². The Hall–Kier alpha value is -1.36. The van der Waals surface area contributed by atoms with Crippen LogP contribution in [0.15, 0.2) is 12.2 Å². The summed E-state index contributed by atoms with van der Waals surface area (Å²) >= 11 is 0. The molecule has 0 saturated heterocycles. The molecule has 0 fully saturated rings. The van der Waals surface area contributed by atoms with Crippen molar-refractivity contribution < 1.29 is 24.5 Å². The second-order valence-electron chi connectivity index (χ2n) is 3.80. The number of aliphatic carboxylic acids is 1. The Balaban J connectivity index is 3.58. The number of aliphatic hydroxyl groups is 1. The number of carbonyl (C=O) groups is 2. The van der Waals surface area contributed by atoms with Crippen molar-refractivity contribution in [2.45, 2.75) is 45.1 Å². The second kappa shape index (κ2) is 9.84. The van der Waals surface area contributed by atoms with E-state index in [9.17, 15) is 14.7 Å². The van der Waals surface area contributed by atoms with Crippen LogP contribution in [-0.4, -0.2) is 34.9 Å². The highest BCUT2D eigenvalue weighted by molar-refractivity contribution is 5.90. The van der Waals surface area contributed by atoms with Crippen molar-refractivity contribution in [3.63, 3.8) is 0 Å². The minimum Gasteiger partial charge on any atom is -0.478 e. The average molecular weight is 244 g/mol. The summed E-state index contributed by atoms with van der Waals surface area (Å²) < 4.78 is 4.67. The molecule has 0 aliphatic rings. The van der Waals surface area contributed by atoms with E-state index in [2.05, 4.69) is 11.7 Å². The molecule has 0 heterocycles. The number of hydrogen-bond acceptors (Lipinski definition) is 4. The lowest BCUT2D eigenvalue weighted by Gasteiger charge is -2.09. The molecule has 0 aliphatic carbocycles. The lowest BCUT2D eigenvalue weighted by atomic mass is 10.1. The molecule has 0 saturated carbocycles. The molecule has 0 aromatic carbocycles. The number of aliphatic hydroxyl groups excluding tert-OH is 1. The number of unbranched alkanes of at least 4 members (excludes halogenated alkanes) is 3. The van der Waals surface area contributed by atoms with E-state index < -0.39 is 18.0 Å². The van der Waals surface area contributed by atoms with Gasteiger partial charge in [-0.1, -0.05) is 32.6 Å². The van der Waals surface area contributed by atoms with E-state index in [0.29, 0.717) is 12.5 Å². The third-order valence-electron chi connectivity index (χ3n) is 2.17. The Morgan fingerprint density at radius 1 is 1.24 bits per heavy atom. The van der Waals surface area contributed by atoms with Crippen LogP contribution in [0.3, 0.4) is 0 Å². The second-order valence-corrected chi connectivity index (χ2v) is 3.80. The molecule has 5 nitrogen and oxygen atoms in total. The van der Waals surface area contributed by atoms with Crippen LogP contribution in [0.1, 0.15) is 39.0 Å². The molecule has 0 spiro atoms. The van der Waals surface area contributed by atoms with Gasteiger partial charge in [-0.3, -0.25) is 0 Å². The Labute approximate surface area is 101 Å². The highest BCUT2D eigenvalue weighted by atomic mass is 16.5. The van der Waals surface area contributed by atoms with Gasteiger partial charge >= 0.3 is 11.9 Å². The van der Waals surface area contributed by atoms with Gasteiger partial charge in [-0.2, -0.15) is 0 Å². The van der Waals surface area contributed by atoms with Crippen molar-refractivity contribution in [3.8, 4) is 0 Å². The SMILES string of the molecule is CCCCCCC(O)COC(=O)/C=C/C(=O)O. The van der Waals surface area contributed by atoms with Gasteiger partial charge in [0.25, 0.3) is 0 Å². The molecule has 98 valence electrons. The monoisotopic (exact) mass is 244 g/mol. The Morgan fingerprint density at radius 3 is 2.53 bits per heavy atom. The molecule has 5 heteroatoms. The molecule has 1 atom stereocenters. The molecule has 0 bridgehead atoms. The maximum absolute atomic E-state index is 10.9. The molecular formula is C12H20O5. The zero-order valence-corrected chi connectivity index (χ0v) is 10.1. The normalized spacial score (nSPS) is 12.6. The summed E-state index contributed by atoms with van der Waals surface area (Å²) in [6.07, 6.45) is 5.67. The summed E-state index contributed by atoms with van der Waals surface area (Å²) in [4.78, 5) is 21.0. The highest BCUT2D eigenvalue weighted by Crippen LogP contribution is 2.05. The van der Waals surface area contributed by atoms with Gasteiger partial charge in [0.15, 0.2) is 0 Å². The van der Waals surface area contributed by atoms with Gasteiger partial charge in [-0.25, -0.2) is 9.59 Å².